The molecule has 0 spiro atoms. The van der Waals surface area contributed by atoms with Gasteiger partial charge in [0.25, 0.3) is 15.9 Å². The van der Waals surface area contributed by atoms with Gasteiger partial charge in [-0.05, 0) is 19.1 Å². The number of hydrogen-bond donors (Lipinski definition) is 2. The van der Waals surface area contributed by atoms with Crippen LogP contribution in [-0.2, 0) is 24.3 Å². The highest BCUT2D eigenvalue weighted by Crippen LogP contribution is 2.22. The molecule has 0 saturated carbocycles. The maximum atomic E-state index is 11.8. The van der Waals surface area contributed by atoms with Gasteiger partial charge in [0, 0.05) is 5.56 Å². The van der Waals surface area contributed by atoms with Crippen molar-refractivity contribution in [3.05, 3.63) is 29.8 Å². The molecule has 1 aliphatic heterocycles. The van der Waals surface area contributed by atoms with Crippen molar-refractivity contribution in [1.82, 2.24) is 4.72 Å². The maximum absolute atomic E-state index is 11.8. The van der Waals surface area contributed by atoms with E-state index in [0.29, 0.717) is 5.56 Å². The number of fused-ring (bicyclic) bond motifs is 1. The Labute approximate surface area is 127 Å². The van der Waals surface area contributed by atoms with Gasteiger partial charge in [-0.3, -0.25) is 19.3 Å². The molecule has 0 radical (unpaired) electrons. The molecule has 8 nitrogen and oxygen atoms in total. The van der Waals surface area contributed by atoms with E-state index in [0.717, 1.165) is 0 Å². The zero-order valence-electron chi connectivity index (χ0n) is 11.8. The molecule has 2 rings (SSSR count). The molecule has 1 heterocycles. The van der Waals surface area contributed by atoms with E-state index in [9.17, 15) is 18.0 Å². The lowest BCUT2D eigenvalue weighted by Gasteiger charge is -2.08. The summed E-state index contributed by atoms with van der Waals surface area (Å²) in [6, 6.07) is 6.41. The lowest BCUT2D eigenvalue weighted by Crippen LogP contribution is -2.30. The first-order valence-corrected chi connectivity index (χ1v) is 7.95. The minimum absolute atomic E-state index is 0.0243. The van der Waals surface area contributed by atoms with Gasteiger partial charge in [0.1, 0.15) is 5.84 Å². The number of rotatable bonds is 5. The first-order valence-electron chi connectivity index (χ1n) is 6.47. The molecule has 3 N–H and O–H groups in total. The first-order chi connectivity index (χ1) is 10.3. The van der Waals surface area contributed by atoms with E-state index >= 15 is 0 Å². The number of sulfonamides is 1. The lowest BCUT2D eigenvalue weighted by atomic mass is 10.2. The van der Waals surface area contributed by atoms with E-state index in [2.05, 4.69) is 9.71 Å². The van der Waals surface area contributed by atoms with Crippen molar-refractivity contribution in [3.63, 3.8) is 0 Å². The van der Waals surface area contributed by atoms with Crippen LogP contribution in [0.15, 0.2) is 34.2 Å². The molecule has 0 bridgehead atoms. The zero-order chi connectivity index (χ0) is 16.3. The fraction of sp³-hybridized carbons (Fsp3) is 0.308. The number of carbonyl (C=O) groups is 2. The molecule has 1 aromatic carbocycles. The van der Waals surface area contributed by atoms with Crippen LogP contribution in [0, 0.1) is 0 Å². The summed E-state index contributed by atoms with van der Waals surface area (Å²) in [6.07, 6.45) is -1.10. The summed E-state index contributed by atoms with van der Waals surface area (Å²) in [7, 11) is -3.59. The minimum Gasteiger partial charge on any atom is -0.453 e. The Morgan fingerprint density at radius 3 is 2.73 bits per heavy atom. The van der Waals surface area contributed by atoms with E-state index in [1.165, 1.54) is 13.0 Å². The first kappa shape index (κ1) is 16.0. The molecule has 1 atom stereocenters. The molecule has 0 aliphatic carbocycles. The number of esters is 1. The highest BCUT2D eigenvalue weighted by Gasteiger charge is 2.30. The van der Waals surface area contributed by atoms with E-state index in [1.807, 2.05) is 0 Å². The van der Waals surface area contributed by atoms with Gasteiger partial charge in [-0.2, -0.15) is 0 Å². The second kappa shape index (κ2) is 6.14. The smallest absolute Gasteiger partial charge is 0.308 e. The maximum Gasteiger partial charge on any atom is 0.308 e. The van der Waals surface area contributed by atoms with Gasteiger partial charge in [0.2, 0.25) is 0 Å². The quantitative estimate of drug-likeness (QED) is 0.707. The molecule has 1 aliphatic rings. The van der Waals surface area contributed by atoms with Crippen molar-refractivity contribution in [2.24, 2.45) is 10.7 Å². The Kier molecular flexibility index (Phi) is 4.45. The number of benzene rings is 1. The number of aliphatic imine (C=N–C) groups is 1. The van der Waals surface area contributed by atoms with Crippen LogP contribution in [0.4, 0.5) is 0 Å². The van der Waals surface area contributed by atoms with Crippen LogP contribution in [0.2, 0.25) is 0 Å². The van der Waals surface area contributed by atoms with Crippen LogP contribution in [0.3, 0.4) is 0 Å². The number of ether oxygens (including phenoxy) is 1. The molecule has 1 amide bonds. The Bertz CT molecular complexity index is 742. The van der Waals surface area contributed by atoms with E-state index in [-0.39, 0.29) is 23.7 Å². The van der Waals surface area contributed by atoms with E-state index in [4.69, 9.17) is 10.5 Å². The van der Waals surface area contributed by atoms with Gasteiger partial charge in [-0.15, -0.1) is 0 Å². The highest BCUT2D eigenvalue weighted by molar-refractivity contribution is 7.90. The summed E-state index contributed by atoms with van der Waals surface area (Å²) in [4.78, 5) is 26.4. The molecule has 118 valence electrons. The van der Waals surface area contributed by atoms with Gasteiger partial charge in [0.05, 0.1) is 17.9 Å². The van der Waals surface area contributed by atoms with E-state index < -0.39 is 28.0 Å². The minimum atomic E-state index is -3.59. The summed E-state index contributed by atoms with van der Waals surface area (Å²) < 4.78 is 30.8. The average molecular weight is 325 g/mol. The number of carbonyl (C=O) groups excluding carboxylic acids is 2. The molecule has 1 aromatic rings. The van der Waals surface area contributed by atoms with Crippen LogP contribution < -0.4 is 10.5 Å². The van der Waals surface area contributed by atoms with Crippen LogP contribution in [0.25, 0.3) is 0 Å². The summed E-state index contributed by atoms with van der Waals surface area (Å²) in [5.74, 6) is -1.19. The second-order valence-electron chi connectivity index (χ2n) is 4.62. The number of nitrogens with one attached hydrogen (secondary N) is 1. The summed E-state index contributed by atoms with van der Waals surface area (Å²) in [5.41, 5.74) is 5.43. The molecule has 22 heavy (non-hydrogen) atoms. The molecular weight excluding hydrogens is 310 g/mol. The number of primary amides is 1. The lowest BCUT2D eigenvalue weighted by molar-refractivity contribution is -0.153. The Balaban J connectivity index is 2.01. The topological polar surface area (TPSA) is 128 Å². The van der Waals surface area contributed by atoms with Gasteiger partial charge in [-0.25, -0.2) is 8.42 Å². The molecular formula is C13H15N3O5S. The monoisotopic (exact) mass is 325 g/mol. The fourth-order valence-corrected chi connectivity index (χ4v) is 3.08. The predicted octanol–water partition coefficient (Wildman–Crippen LogP) is -0.468. The number of amides is 1. The Morgan fingerprint density at radius 2 is 2.05 bits per heavy atom. The number of nitrogens with zero attached hydrogens (tertiary/aromatic N) is 1. The third kappa shape index (κ3) is 3.42. The summed E-state index contributed by atoms with van der Waals surface area (Å²) >= 11 is 0. The van der Waals surface area contributed by atoms with Crippen molar-refractivity contribution >= 4 is 27.7 Å². The number of hydrogen-bond acceptors (Lipinski definition) is 6. The Morgan fingerprint density at radius 1 is 1.36 bits per heavy atom. The Hall–Kier alpha value is -2.42. The second-order valence-corrected chi connectivity index (χ2v) is 6.27. The molecule has 0 aromatic heterocycles. The van der Waals surface area contributed by atoms with Crippen LogP contribution >= 0.6 is 0 Å². The third-order valence-electron chi connectivity index (χ3n) is 2.96. The largest absolute Gasteiger partial charge is 0.453 e. The third-order valence-corrected chi connectivity index (χ3v) is 4.35. The fourth-order valence-electron chi connectivity index (χ4n) is 1.82. The molecule has 0 fully saturated rings. The SMILES string of the molecule is C[C@H](OC(=O)CCN=C1NS(=O)(=O)c2ccccc21)C(N)=O. The van der Waals surface area contributed by atoms with Crippen molar-refractivity contribution in [3.8, 4) is 0 Å². The standard InChI is InChI=1S/C13H15N3O5S/c1-8(12(14)18)21-11(17)6-7-15-13-9-4-2-3-5-10(9)22(19,20)16-13/h2-5,8H,6-7H2,1H3,(H2,14,18)(H,15,16)/t8-/m0/s1. The molecule has 9 heteroatoms. The number of nitrogens with two attached hydrogens (primary N) is 1. The van der Waals surface area contributed by atoms with Gasteiger partial charge in [0.15, 0.2) is 6.10 Å². The summed E-state index contributed by atoms with van der Waals surface area (Å²) in [6.45, 7) is 1.39. The van der Waals surface area contributed by atoms with Gasteiger partial charge < -0.3 is 10.5 Å². The normalized spacial score (nSPS) is 18.3. The van der Waals surface area contributed by atoms with Crippen LogP contribution in [0.5, 0.6) is 0 Å². The number of amidine groups is 1. The highest BCUT2D eigenvalue weighted by atomic mass is 32.2. The van der Waals surface area contributed by atoms with Crippen molar-refractivity contribution < 1.29 is 22.7 Å². The summed E-state index contributed by atoms with van der Waals surface area (Å²) in [5, 5.41) is 0. The van der Waals surface area contributed by atoms with Crippen LogP contribution in [0.1, 0.15) is 18.9 Å². The van der Waals surface area contributed by atoms with Crippen LogP contribution in [-0.4, -0.2) is 38.8 Å². The molecule has 0 unspecified atom stereocenters. The van der Waals surface area contributed by atoms with E-state index in [1.54, 1.807) is 18.2 Å². The average Bonchev–Trinajstić information content (AvgIpc) is 2.71. The zero-order valence-corrected chi connectivity index (χ0v) is 12.6. The van der Waals surface area contributed by atoms with Crippen molar-refractivity contribution in [1.29, 1.82) is 0 Å². The van der Waals surface area contributed by atoms with Crippen molar-refractivity contribution in [2.75, 3.05) is 6.54 Å². The van der Waals surface area contributed by atoms with Gasteiger partial charge >= 0.3 is 5.97 Å². The van der Waals surface area contributed by atoms with Crippen molar-refractivity contribution in [2.45, 2.75) is 24.3 Å². The predicted molar refractivity (Wildman–Crippen MR) is 77.5 cm³/mol. The van der Waals surface area contributed by atoms with Gasteiger partial charge in [-0.1, -0.05) is 12.1 Å². The molecule has 0 saturated heterocycles.